The number of fused-ring (bicyclic) bond motifs is 1. The second-order valence-electron chi connectivity index (χ2n) is 4.00. The molecule has 2 fully saturated rings. The topological polar surface area (TPSA) is 0 Å². The van der Waals surface area contributed by atoms with Gasteiger partial charge < -0.3 is 0 Å². The van der Waals surface area contributed by atoms with E-state index in [9.17, 15) is 0 Å². The SMILES string of the molecule is CC1CC2(C)C(C)C12. The van der Waals surface area contributed by atoms with Crippen LogP contribution < -0.4 is 0 Å². The molecule has 4 unspecified atom stereocenters. The summed E-state index contributed by atoms with van der Waals surface area (Å²) in [5.41, 5.74) is 0.819. The third kappa shape index (κ3) is 0.284. The minimum atomic E-state index is 0.819. The summed E-state index contributed by atoms with van der Waals surface area (Å²) in [5, 5.41) is 0. The molecule has 0 spiro atoms. The summed E-state index contributed by atoms with van der Waals surface area (Å²) < 4.78 is 0. The Balaban J connectivity index is 2.14. The van der Waals surface area contributed by atoms with Crippen molar-refractivity contribution >= 4 is 0 Å². The molecule has 0 nitrogen and oxygen atoms in total. The van der Waals surface area contributed by atoms with Crippen molar-refractivity contribution in [1.82, 2.24) is 0 Å². The normalized spacial score (nSPS) is 68.6. The monoisotopic (exact) mass is 110 g/mol. The van der Waals surface area contributed by atoms with Gasteiger partial charge in [0.05, 0.1) is 0 Å². The van der Waals surface area contributed by atoms with E-state index in [0.717, 1.165) is 23.2 Å². The van der Waals surface area contributed by atoms with Crippen molar-refractivity contribution in [1.29, 1.82) is 0 Å². The van der Waals surface area contributed by atoms with Gasteiger partial charge in [-0.1, -0.05) is 20.8 Å². The molecule has 0 aromatic rings. The van der Waals surface area contributed by atoms with Crippen LogP contribution in [0.5, 0.6) is 0 Å². The predicted molar refractivity (Wildman–Crippen MR) is 34.5 cm³/mol. The van der Waals surface area contributed by atoms with Gasteiger partial charge >= 0.3 is 0 Å². The lowest BCUT2D eigenvalue weighted by Crippen LogP contribution is -2.19. The zero-order chi connectivity index (χ0) is 5.94. The van der Waals surface area contributed by atoms with E-state index in [0.29, 0.717) is 0 Å². The molecule has 2 saturated carbocycles. The van der Waals surface area contributed by atoms with Crippen LogP contribution in [0.2, 0.25) is 0 Å². The third-order valence-electron chi connectivity index (χ3n) is 3.61. The second kappa shape index (κ2) is 0.984. The van der Waals surface area contributed by atoms with Crippen LogP contribution in [0.1, 0.15) is 27.2 Å². The van der Waals surface area contributed by atoms with Crippen LogP contribution in [0.25, 0.3) is 0 Å². The summed E-state index contributed by atoms with van der Waals surface area (Å²) in [4.78, 5) is 0. The van der Waals surface area contributed by atoms with Crippen LogP contribution in [-0.2, 0) is 0 Å². The number of rotatable bonds is 0. The van der Waals surface area contributed by atoms with Gasteiger partial charge in [0.1, 0.15) is 0 Å². The molecule has 0 heteroatoms. The van der Waals surface area contributed by atoms with E-state index in [1.54, 1.807) is 0 Å². The van der Waals surface area contributed by atoms with E-state index < -0.39 is 0 Å². The molecule has 2 aliphatic rings. The lowest BCUT2D eigenvalue weighted by Gasteiger charge is -2.27. The fourth-order valence-corrected chi connectivity index (χ4v) is 2.96. The molecular weight excluding hydrogens is 96.1 g/mol. The second-order valence-corrected chi connectivity index (χ2v) is 4.00. The first-order valence-electron chi connectivity index (χ1n) is 3.66. The number of hydrogen-bond donors (Lipinski definition) is 0. The summed E-state index contributed by atoms with van der Waals surface area (Å²) in [7, 11) is 0. The van der Waals surface area contributed by atoms with Crippen molar-refractivity contribution < 1.29 is 0 Å². The zero-order valence-electron chi connectivity index (χ0n) is 5.94. The summed E-state index contributed by atoms with van der Waals surface area (Å²) in [6, 6.07) is 0. The summed E-state index contributed by atoms with van der Waals surface area (Å²) >= 11 is 0. The predicted octanol–water partition coefficient (Wildman–Crippen LogP) is 2.30. The highest BCUT2D eigenvalue weighted by Gasteiger charge is 2.68. The van der Waals surface area contributed by atoms with Crippen molar-refractivity contribution in [2.75, 3.05) is 0 Å². The molecule has 0 aliphatic heterocycles. The summed E-state index contributed by atoms with van der Waals surface area (Å²) in [6.45, 7) is 7.21. The lowest BCUT2D eigenvalue weighted by molar-refractivity contribution is 0.217. The first-order chi connectivity index (χ1) is 3.66. The van der Waals surface area contributed by atoms with Crippen LogP contribution in [0.3, 0.4) is 0 Å². The Morgan fingerprint density at radius 3 is 2.00 bits per heavy atom. The van der Waals surface area contributed by atoms with Crippen LogP contribution in [0.15, 0.2) is 0 Å². The molecule has 0 N–H and O–H groups in total. The molecule has 2 rings (SSSR count). The van der Waals surface area contributed by atoms with E-state index >= 15 is 0 Å². The molecule has 2 aliphatic carbocycles. The zero-order valence-corrected chi connectivity index (χ0v) is 5.94. The summed E-state index contributed by atoms with van der Waals surface area (Å²) in [6.07, 6.45) is 1.50. The summed E-state index contributed by atoms with van der Waals surface area (Å²) in [5.74, 6) is 3.22. The molecule has 0 aromatic heterocycles. The van der Waals surface area contributed by atoms with E-state index in [2.05, 4.69) is 20.8 Å². The molecular formula is C8H14. The van der Waals surface area contributed by atoms with Gasteiger partial charge in [0.25, 0.3) is 0 Å². The first kappa shape index (κ1) is 4.84. The minimum absolute atomic E-state index is 0.819. The standard InChI is InChI=1S/C8H14/c1-5-4-8(3)6(2)7(5)8/h5-7H,4H2,1-3H3. The van der Waals surface area contributed by atoms with Crippen molar-refractivity contribution in [3.63, 3.8) is 0 Å². The Hall–Kier alpha value is 0. The van der Waals surface area contributed by atoms with Gasteiger partial charge in [0.2, 0.25) is 0 Å². The van der Waals surface area contributed by atoms with Gasteiger partial charge in [0.15, 0.2) is 0 Å². The fraction of sp³-hybridized carbons (Fsp3) is 1.00. The first-order valence-corrected chi connectivity index (χ1v) is 3.66. The number of hydrogen-bond acceptors (Lipinski definition) is 0. The average Bonchev–Trinajstić information content (AvgIpc) is 2.03. The Morgan fingerprint density at radius 1 is 1.38 bits per heavy atom. The highest BCUT2D eigenvalue weighted by atomic mass is 14.7. The molecule has 46 valence electrons. The maximum atomic E-state index is 2.43. The molecule has 0 radical (unpaired) electrons. The molecule has 0 bridgehead atoms. The fourth-order valence-electron chi connectivity index (χ4n) is 2.96. The minimum Gasteiger partial charge on any atom is -0.0622 e. The maximum absolute atomic E-state index is 2.43. The van der Waals surface area contributed by atoms with Gasteiger partial charge in [0, 0.05) is 0 Å². The largest absolute Gasteiger partial charge is 0.0622 e. The highest BCUT2D eigenvalue weighted by molar-refractivity contribution is 5.16. The molecule has 0 heterocycles. The smallest absolute Gasteiger partial charge is 0.0261 e. The molecule has 0 amide bonds. The Bertz CT molecular complexity index is 128. The van der Waals surface area contributed by atoms with Crippen molar-refractivity contribution in [2.45, 2.75) is 27.2 Å². The van der Waals surface area contributed by atoms with Crippen molar-refractivity contribution in [3.8, 4) is 0 Å². The van der Waals surface area contributed by atoms with E-state index in [-0.39, 0.29) is 0 Å². The van der Waals surface area contributed by atoms with Crippen LogP contribution in [-0.4, -0.2) is 0 Å². The van der Waals surface area contributed by atoms with Gasteiger partial charge in [-0.05, 0) is 29.6 Å². The van der Waals surface area contributed by atoms with E-state index in [1.807, 2.05) is 0 Å². The van der Waals surface area contributed by atoms with Crippen LogP contribution >= 0.6 is 0 Å². The Labute approximate surface area is 51.3 Å². The van der Waals surface area contributed by atoms with E-state index in [4.69, 9.17) is 0 Å². The molecule has 8 heavy (non-hydrogen) atoms. The third-order valence-corrected chi connectivity index (χ3v) is 3.61. The quantitative estimate of drug-likeness (QED) is 0.449. The van der Waals surface area contributed by atoms with E-state index in [1.165, 1.54) is 6.42 Å². The molecule has 0 aromatic carbocycles. The molecule has 0 saturated heterocycles. The highest BCUT2D eigenvalue weighted by Crippen LogP contribution is 2.74. The van der Waals surface area contributed by atoms with Gasteiger partial charge in [-0.2, -0.15) is 0 Å². The van der Waals surface area contributed by atoms with Gasteiger partial charge in [-0.15, -0.1) is 0 Å². The van der Waals surface area contributed by atoms with Crippen molar-refractivity contribution in [2.24, 2.45) is 23.2 Å². The lowest BCUT2D eigenvalue weighted by atomic mass is 9.77. The van der Waals surface area contributed by atoms with Crippen LogP contribution in [0.4, 0.5) is 0 Å². The van der Waals surface area contributed by atoms with Crippen LogP contribution in [0, 0.1) is 23.2 Å². The van der Waals surface area contributed by atoms with Crippen molar-refractivity contribution in [3.05, 3.63) is 0 Å². The van der Waals surface area contributed by atoms with Gasteiger partial charge in [-0.25, -0.2) is 0 Å². The Morgan fingerprint density at radius 2 is 2.00 bits per heavy atom. The van der Waals surface area contributed by atoms with Gasteiger partial charge in [-0.3, -0.25) is 0 Å². The average molecular weight is 110 g/mol. The maximum Gasteiger partial charge on any atom is -0.0261 e. The Kier molecular flexibility index (Phi) is 0.595. The molecule has 4 atom stereocenters.